The highest BCUT2D eigenvalue weighted by Gasteiger charge is 2.35. The Kier molecular flexibility index (Phi) is 5.93. The number of carboxylic acid groups (broad SMARTS) is 1. The topological polar surface area (TPSA) is 86.7 Å². The normalized spacial score (nSPS) is 31.4. The summed E-state index contributed by atoms with van der Waals surface area (Å²) >= 11 is 1.88. The molecular formula is C13H24N2O4S2. The van der Waals surface area contributed by atoms with Crippen LogP contribution >= 0.6 is 11.8 Å². The molecule has 6 nitrogen and oxygen atoms in total. The van der Waals surface area contributed by atoms with E-state index in [4.69, 9.17) is 5.11 Å². The first-order valence-electron chi connectivity index (χ1n) is 7.54. The van der Waals surface area contributed by atoms with E-state index in [2.05, 4.69) is 11.6 Å². The van der Waals surface area contributed by atoms with Crippen molar-refractivity contribution in [2.24, 2.45) is 5.92 Å². The van der Waals surface area contributed by atoms with Gasteiger partial charge in [-0.25, -0.2) is 0 Å². The highest BCUT2D eigenvalue weighted by molar-refractivity contribution is 7.99. The molecule has 2 rings (SSSR count). The van der Waals surface area contributed by atoms with Gasteiger partial charge < -0.3 is 5.11 Å². The lowest BCUT2D eigenvalue weighted by Gasteiger charge is -2.30. The maximum absolute atomic E-state index is 12.4. The first-order chi connectivity index (χ1) is 9.92. The molecule has 0 amide bonds. The van der Waals surface area contributed by atoms with Gasteiger partial charge in [0.05, 0.1) is 5.92 Å². The van der Waals surface area contributed by atoms with Crippen molar-refractivity contribution in [2.45, 2.75) is 50.3 Å². The van der Waals surface area contributed by atoms with Crippen molar-refractivity contribution in [1.29, 1.82) is 0 Å². The Balaban J connectivity index is 1.91. The molecule has 0 spiro atoms. The van der Waals surface area contributed by atoms with Crippen LogP contribution in [0.2, 0.25) is 0 Å². The number of carbonyl (C=O) groups is 1. The van der Waals surface area contributed by atoms with Crippen molar-refractivity contribution < 1.29 is 18.3 Å². The molecule has 2 fully saturated rings. The summed E-state index contributed by atoms with van der Waals surface area (Å²) < 4.78 is 28.8. The Morgan fingerprint density at radius 1 is 1.38 bits per heavy atom. The van der Waals surface area contributed by atoms with E-state index in [9.17, 15) is 13.2 Å². The smallest absolute Gasteiger partial charge is 0.307 e. The lowest BCUT2D eigenvalue weighted by Crippen LogP contribution is -2.49. The second kappa shape index (κ2) is 7.30. The van der Waals surface area contributed by atoms with E-state index in [-0.39, 0.29) is 12.6 Å². The molecule has 0 aromatic heterocycles. The van der Waals surface area contributed by atoms with Crippen molar-refractivity contribution >= 4 is 27.9 Å². The van der Waals surface area contributed by atoms with Crippen LogP contribution in [0.5, 0.6) is 0 Å². The third-order valence-corrected chi connectivity index (χ3v) is 7.05. The number of hydrogen-bond acceptors (Lipinski definition) is 4. The Bertz CT molecular complexity index is 469. The van der Waals surface area contributed by atoms with Crippen LogP contribution in [0.1, 0.15) is 39.0 Å². The first kappa shape index (κ1) is 17.1. The van der Waals surface area contributed by atoms with Gasteiger partial charge in [0.2, 0.25) is 0 Å². The average molecular weight is 336 g/mol. The van der Waals surface area contributed by atoms with Crippen LogP contribution < -0.4 is 4.72 Å². The molecular weight excluding hydrogens is 312 g/mol. The summed E-state index contributed by atoms with van der Waals surface area (Å²) in [6, 6.07) is -0.00995. The Morgan fingerprint density at radius 3 is 2.81 bits per heavy atom. The van der Waals surface area contributed by atoms with E-state index in [1.807, 2.05) is 11.8 Å². The highest BCUT2D eigenvalue weighted by Crippen LogP contribution is 2.30. The van der Waals surface area contributed by atoms with Gasteiger partial charge in [0.25, 0.3) is 10.2 Å². The second-order valence-corrected chi connectivity index (χ2v) is 9.03. The van der Waals surface area contributed by atoms with Crippen molar-refractivity contribution in [1.82, 2.24) is 9.03 Å². The van der Waals surface area contributed by atoms with Crippen LogP contribution in [0.15, 0.2) is 0 Å². The van der Waals surface area contributed by atoms with Gasteiger partial charge in [0.1, 0.15) is 0 Å². The van der Waals surface area contributed by atoms with Gasteiger partial charge >= 0.3 is 5.97 Å². The molecule has 8 heteroatoms. The SMILES string of the molecule is CCSC1CCC(NS(=O)(=O)N2CCCC(C(=O)O)C2)C1. The van der Waals surface area contributed by atoms with Gasteiger partial charge in [0.15, 0.2) is 0 Å². The summed E-state index contributed by atoms with van der Waals surface area (Å²) in [5, 5.41) is 9.59. The van der Waals surface area contributed by atoms with Crippen LogP contribution in [0.3, 0.4) is 0 Å². The molecule has 0 bridgehead atoms. The lowest BCUT2D eigenvalue weighted by atomic mass is 10.0. The van der Waals surface area contributed by atoms with Crippen molar-refractivity contribution in [3.05, 3.63) is 0 Å². The third-order valence-electron chi connectivity index (χ3n) is 4.18. The second-order valence-electron chi connectivity index (χ2n) is 5.75. The van der Waals surface area contributed by atoms with Crippen molar-refractivity contribution in [3.8, 4) is 0 Å². The van der Waals surface area contributed by atoms with Crippen LogP contribution in [0.25, 0.3) is 0 Å². The van der Waals surface area contributed by atoms with Gasteiger partial charge in [-0.2, -0.15) is 29.2 Å². The Morgan fingerprint density at radius 2 is 2.14 bits per heavy atom. The fraction of sp³-hybridized carbons (Fsp3) is 0.923. The van der Waals surface area contributed by atoms with Crippen molar-refractivity contribution in [3.63, 3.8) is 0 Å². The van der Waals surface area contributed by atoms with E-state index in [1.165, 1.54) is 4.31 Å². The van der Waals surface area contributed by atoms with Gasteiger partial charge in [-0.1, -0.05) is 6.92 Å². The molecule has 1 aliphatic heterocycles. The van der Waals surface area contributed by atoms with Crippen LogP contribution in [0.4, 0.5) is 0 Å². The number of aliphatic carboxylic acids is 1. The maximum Gasteiger partial charge on any atom is 0.307 e. The highest BCUT2D eigenvalue weighted by atomic mass is 32.2. The third kappa shape index (κ3) is 4.58. The minimum absolute atomic E-state index is 0.00995. The van der Waals surface area contributed by atoms with E-state index in [0.29, 0.717) is 24.6 Å². The van der Waals surface area contributed by atoms with Crippen LogP contribution in [-0.4, -0.2) is 53.9 Å². The molecule has 2 N–H and O–H groups in total. The quantitative estimate of drug-likeness (QED) is 0.763. The summed E-state index contributed by atoms with van der Waals surface area (Å²) in [5.41, 5.74) is 0. The molecule has 122 valence electrons. The Hall–Kier alpha value is -0.310. The molecule has 21 heavy (non-hydrogen) atoms. The fourth-order valence-electron chi connectivity index (χ4n) is 3.08. The standard InChI is InChI=1S/C13H24N2O4S2/c1-2-20-12-6-5-11(8-12)14-21(18,19)15-7-3-4-10(9-15)13(16)17/h10-12,14H,2-9H2,1H3,(H,16,17). The fourth-order valence-corrected chi connectivity index (χ4v) is 5.75. The number of piperidine rings is 1. The molecule has 0 radical (unpaired) electrons. The monoisotopic (exact) mass is 336 g/mol. The summed E-state index contributed by atoms with van der Waals surface area (Å²) in [6.45, 7) is 2.62. The predicted molar refractivity (Wildman–Crippen MR) is 83.5 cm³/mol. The molecule has 3 unspecified atom stereocenters. The predicted octanol–water partition coefficient (Wildman–Crippen LogP) is 1.29. The average Bonchev–Trinajstić information content (AvgIpc) is 2.86. The van der Waals surface area contributed by atoms with Gasteiger partial charge in [-0.15, -0.1) is 0 Å². The van der Waals surface area contributed by atoms with E-state index >= 15 is 0 Å². The summed E-state index contributed by atoms with van der Waals surface area (Å²) in [7, 11) is -3.56. The molecule has 3 atom stereocenters. The van der Waals surface area contributed by atoms with Crippen LogP contribution in [-0.2, 0) is 15.0 Å². The molecule has 2 aliphatic rings. The summed E-state index contributed by atoms with van der Waals surface area (Å²) in [4.78, 5) is 11.0. The van der Waals surface area contributed by atoms with Crippen molar-refractivity contribution in [2.75, 3.05) is 18.8 Å². The van der Waals surface area contributed by atoms with E-state index < -0.39 is 22.1 Å². The molecule has 1 heterocycles. The molecule has 1 saturated carbocycles. The maximum atomic E-state index is 12.4. The lowest BCUT2D eigenvalue weighted by molar-refractivity contribution is -0.142. The summed E-state index contributed by atoms with van der Waals surface area (Å²) in [6.07, 6.45) is 3.95. The minimum atomic E-state index is -3.56. The van der Waals surface area contributed by atoms with E-state index in [0.717, 1.165) is 25.0 Å². The zero-order valence-electron chi connectivity index (χ0n) is 12.3. The molecule has 0 aromatic carbocycles. The number of rotatable bonds is 6. The number of nitrogens with one attached hydrogen (secondary N) is 1. The zero-order valence-corrected chi connectivity index (χ0v) is 14.0. The largest absolute Gasteiger partial charge is 0.481 e. The van der Waals surface area contributed by atoms with Gasteiger partial charge in [-0.3, -0.25) is 4.79 Å². The van der Waals surface area contributed by atoms with Gasteiger partial charge in [-0.05, 0) is 37.9 Å². The van der Waals surface area contributed by atoms with Crippen LogP contribution in [0, 0.1) is 5.92 Å². The van der Waals surface area contributed by atoms with Gasteiger partial charge in [0, 0.05) is 24.4 Å². The number of hydrogen-bond donors (Lipinski definition) is 2. The molecule has 0 aromatic rings. The number of nitrogens with zero attached hydrogens (tertiary/aromatic N) is 1. The number of carboxylic acids is 1. The minimum Gasteiger partial charge on any atom is -0.481 e. The summed E-state index contributed by atoms with van der Waals surface area (Å²) in [5.74, 6) is -0.436. The zero-order chi connectivity index (χ0) is 15.5. The van der Waals surface area contributed by atoms with E-state index in [1.54, 1.807) is 0 Å². The molecule has 1 aliphatic carbocycles. The Labute approximate surface area is 130 Å². The first-order valence-corrected chi connectivity index (χ1v) is 10.0. The molecule has 1 saturated heterocycles. The number of thioether (sulfide) groups is 1.